The van der Waals surface area contributed by atoms with Crippen LogP contribution in [-0.2, 0) is 14.3 Å². The van der Waals surface area contributed by atoms with E-state index in [-0.39, 0.29) is 13.0 Å². The molecule has 0 aliphatic carbocycles. The molecule has 1 heterocycles. The molecule has 0 aromatic carbocycles. The van der Waals surface area contributed by atoms with Crippen LogP contribution < -0.4 is 16.8 Å². The Morgan fingerprint density at radius 2 is 1.85 bits per heavy atom. The largest absolute Gasteiger partial charge is 0.394 e. The van der Waals surface area contributed by atoms with E-state index in [1.54, 1.807) is 6.92 Å². The minimum Gasteiger partial charge on any atom is -0.394 e. The van der Waals surface area contributed by atoms with Crippen molar-refractivity contribution in [1.29, 1.82) is 0 Å². The van der Waals surface area contributed by atoms with E-state index in [1.807, 2.05) is 0 Å². The maximum absolute atomic E-state index is 11.6. The van der Waals surface area contributed by atoms with Crippen molar-refractivity contribution in [3.8, 4) is 0 Å². The van der Waals surface area contributed by atoms with Gasteiger partial charge in [-0.05, 0) is 0 Å². The van der Waals surface area contributed by atoms with Crippen molar-refractivity contribution in [2.75, 3.05) is 19.8 Å². The molecule has 1 aliphatic heterocycles. The van der Waals surface area contributed by atoms with Crippen LogP contribution in [0, 0.1) is 0 Å². The average molecular weight is 397 g/mol. The molecule has 11 N–H and O–H groups in total. The Labute approximate surface area is 156 Å². The first-order valence-corrected chi connectivity index (χ1v) is 8.71. The van der Waals surface area contributed by atoms with Crippen molar-refractivity contribution in [3.05, 3.63) is 0 Å². The summed E-state index contributed by atoms with van der Waals surface area (Å²) in [6, 6.07) is -2.38. The first-order valence-electron chi connectivity index (χ1n) is 8.71. The topological polar surface area (TPSA) is 221 Å². The average Bonchev–Trinajstić information content (AvgIpc) is 2.68. The SMILES string of the molecule is CCC(=O)N[C@@H]1[C@H](O)[C@@H](O)[C@H](O[C@@H]([C@@H](N)[C@@H](O)CO)[C@H](O)CN)O[C@H]1CO. The van der Waals surface area contributed by atoms with Gasteiger partial charge in [0.1, 0.15) is 24.4 Å². The molecule has 0 radical (unpaired) electrons. The molecule has 1 rings (SSSR count). The first kappa shape index (κ1) is 24.1. The quantitative estimate of drug-likeness (QED) is 0.169. The smallest absolute Gasteiger partial charge is 0.220 e. The van der Waals surface area contributed by atoms with Crippen LogP contribution in [0.25, 0.3) is 0 Å². The van der Waals surface area contributed by atoms with E-state index < -0.39 is 74.1 Å². The van der Waals surface area contributed by atoms with Gasteiger partial charge < -0.3 is 56.9 Å². The standard InChI is InChI=1S/C15H31N3O9/c1-2-9(23)18-11-8(5-20)26-15(13(25)12(11)24)27-14(6(21)3-16)10(17)7(22)4-19/h6-8,10-15,19-22,24-25H,2-5,16-17H2,1H3,(H,18,23)/t6-,7+,8+,10+,11+,12+,13-,14-,15+/m1/s1. The van der Waals surface area contributed by atoms with Crippen LogP contribution >= 0.6 is 0 Å². The maximum atomic E-state index is 11.6. The Balaban J connectivity index is 2.96. The number of nitrogens with two attached hydrogens (primary N) is 2. The van der Waals surface area contributed by atoms with E-state index in [4.69, 9.17) is 26.0 Å². The minimum atomic E-state index is -1.67. The Morgan fingerprint density at radius 3 is 2.33 bits per heavy atom. The summed E-state index contributed by atoms with van der Waals surface area (Å²) in [4.78, 5) is 11.6. The highest BCUT2D eigenvalue weighted by molar-refractivity contribution is 5.76. The number of aliphatic hydroxyl groups excluding tert-OH is 6. The first-order chi connectivity index (χ1) is 12.7. The van der Waals surface area contributed by atoms with Gasteiger partial charge in [-0.2, -0.15) is 0 Å². The Bertz CT molecular complexity index is 456. The second-order valence-electron chi connectivity index (χ2n) is 6.38. The van der Waals surface area contributed by atoms with Gasteiger partial charge in [0.15, 0.2) is 6.29 Å². The molecule has 0 aromatic heterocycles. The fourth-order valence-corrected chi connectivity index (χ4v) is 2.73. The maximum Gasteiger partial charge on any atom is 0.220 e. The summed E-state index contributed by atoms with van der Waals surface area (Å²) in [5, 5.41) is 61.3. The molecule has 27 heavy (non-hydrogen) atoms. The van der Waals surface area contributed by atoms with E-state index in [0.29, 0.717) is 0 Å². The Kier molecular flexibility index (Phi) is 9.97. The highest BCUT2D eigenvalue weighted by Gasteiger charge is 2.47. The van der Waals surface area contributed by atoms with E-state index in [2.05, 4.69) is 5.32 Å². The normalized spacial score (nSPS) is 33.1. The molecule has 0 saturated carbocycles. The molecule has 12 heteroatoms. The predicted octanol–water partition coefficient (Wildman–Crippen LogP) is -5.29. The van der Waals surface area contributed by atoms with Crippen molar-refractivity contribution in [1.82, 2.24) is 5.32 Å². The van der Waals surface area contributed by atoms with Crippen LogP contribution in [0.1, 0.15) is 13.3 Å². The van der Waals surface area contributed by atoms with Crippen molar-refractivity contribution >= 4 is 5.91 Å². The number of aliphatic hydroxyl groups is 6. The van der Waals surface area contributed by atoms with Crippen molar-refractivity contribution < 1.29 is 44.9 Å². The Hall–Kier alpha value is -0.930. The van der Waals surface area contributed by atoms with Gasteiger partial charge in [-0.3, -0.25) is 4.79 Å². The van der Waals surface area contributed by atoms with Crippen molar-refractivity contribution in [3.63, 3.8) is 0 Å². The van der Waals surface area contributed by atoms with Crippen molar-refractivity contribution in [2.45, 2.75) is 68.3 Å². The lowest BCUT2D eigenvalue weighted by Gasteiger charge is -2.44. The molecule has 1 aliphatic rings. The number of nitrogens with one attached hydrogen (secondary N) is 1. The second-order valence-corrected chi connectivity index (χ2v) is 6.38. The molecule has 9 atom stereocenters. The fourth-order valence-electron chi connectivity index (χ4n) is 2.73. The summed E-state index contributed by atoms with van der Waals surface area (Å²) < 4.78 is 10.9. The number of ether oxygens (including phenoxy) is 2. The molecule has 0 unspecified atom stereocenters. The van der Waals surface area contributed by atoms with Gasteiger partial charge in [-0.15, -0.1) is 0 Å². The number of rotatable bonds is 10. The van der Waals surface area contributed by atoms with Gasteiger partial charge in [0.05, 0.1) is 37.5 Å². The highest BCUT2D eigenvalue weighted by atomic mass is 16.7. The molecule has 0 spiro atoms. The monoisotopic (exact) mass is 397 g/mol. The number of hydrogen-bond acceptors (Lipinski definition) is 11. The van der Waals surface area contributed by atoms with E-state index in [9.17, 15) is 30.3 Å². The van der Waals surface area contributed by atoms with Crippen LogP contribution in [0.5, 0.6) is 0 Å². The lowest BCUT2D eigenvalue weighted by Crippen LogP contribution is -2.66. The molecule has 1 saturated heterocycles. The predicted molar refractivity (Wildman–Crippen MR) is 91.0 cm³/mol. The molecule has 0 aromatic rings. The van der Waals surface area contributed by atoms with Crippen LogP contribution in [-0.4, -0.2) is 111 Å². The van der Waals surface area contributed by atoms with Gasteiger partial charge >= 0.3 is 0 Å². The van der Waals surface area contributed by atoms with Gasteiger partial charge in [0.2, 0.25) is 5.91 Å². The molecule has 160 valence electrons. The van der Waals surface area contributed by atoms with Crippen LogP contribution in [0.4, 0.5) is 0 Å². The minimum absolute atomic E-state index is 0.121. The van der Waals surface area contributed by atoms with E-state index in [0.717, 1.165) is 0 Å². The van der Waals surface area contributed by atoms with Crippen LogP contribution in [0.3, 0.4) is 0 Å². The molecular formula is C15H31N3O9. The molecular weight excluding hydrogens is 366 g/mol. The summed E-state index contributed by atoms with van der Waals surface area (Å²) >= 11 is 0. The summed E-state index contributed by atoms with van der Waals surface area (Å²) in [7, 11) is 0. The summed E-state index contributed by atoms with van der Waals surface area (Å²) in [6.07, 6.45) is -9.94. The van der Waals surface area contributed by atoms with Gasteiger partial charge in [-0.25, -0.2) is 0 Å². The summed E-state index contributed by atoms with van der Waals surface area (Å²) in [5.74, 6) is -0.419. The third-order valence-electron chi connectivity index (χ3n) is 4.46. The summed E-state index contributed by atoms with van der Waals surface area (Å²) in [6.45, 7) is -0.0258. The number of carbonyl (C=O) groups excluding carboxylic acids is 1. The van der Waals surface area contributed by atoms with Gasteiger partial charge in [-0.1, -0.05) is 6.92 Å². The number of carbonyl (C=O) groups is 1. The zero-order valence-electron chi connectivity index (χ0n) is 15.1. The van der Waals surface area contributed by atoms with Crippen molar-refractivity contribution in [2.24, 2.45) is 11.5 Å². The third-order valence-corrected chi connectivity index (χ3v) is 4.46. The third kappa shape index (κ3) is 6.02. The lowest BCUT2D eigenvalue weighted by atomic mass is 9.95. The van der Waals surface area contributed by atoms with Gasteiger partial charge in [0, 0.05) is 13.0 Å². The molecule has 1 fully saturated rings. The van der Waals surface area contributed by atoms with Gasteiger partial charge in [0.25, 0.3) is 0 Å². The lowest BCUT2D eigenvalue weighted by molar-refractivity contribution is -0.302. The molecule has 0 bridgehead atoms. The fraction of sp³-hybridized carbons (Fsp3) is 0.933. The summed E-state index contributed by atoms with van der Waals surface area (Å²) in [5.41, 5.74) is 11.2. The second kappa shape index (κ2) is 11.2. The molecule has 12 nitrogen and oxygen atoms in total. The Morgan fingerprint density at radius 1 is 1.22 bits per heavy atom. The van der Waals surface area contributed by atoms with Crippen LogP contribution in [0.15, 0.2) is 0 Å². The van der Waals surface area contributed by atoms with Crippen LogP contribution in [0.2, 0.25) is 0 Å². The zero-order chi connectivity index (χ0) is 20.7. The van der Waals surface area contributed by atoms with E-state index >= 15 is 0 Å². The number of amides is 1. The molecule has 1 amide bonds. The van der Waals surface area contributed by atoms with E-state index in [1.165, 1.54) is 0 Å². The highest BCUT2D eigenvalue weighted by Crippen LogP contribution is 2.24. The zero-order valence-corrected chi connectivity index (χ0v) is 15.1. The number of hydrogen-bond donors (Lipinski definition) is 9.